The fraction of sp³-hybridized carbons (Fsp3) is 0.333. The number of hydrogen-bond donors (Lipinski definition) is 1. The lowest BCUT2D eigenvalue weighted by Crippen LogP contribution is -2.38. The molecule has 0 spiro atoms. The lowest BCUT2D eigenvalue weighted by atomic mass is 10.0. The van der Waals surface area contributed by atoms with Gasteiger partial charge in [-0.05, 0) is 42.0 Å². The van der Waals surface area contributed by atoms with E-state index in [4.69, 9.17) is 0 Å². The number of anilines is 1. The zero-order valence-corrected chi connectivity index (χ0v) is 16.5. The van der Waals surface area contributed by atoms with Gasteiger partial charge in [-0.1, -0.05) is 12.1 Å². The normalized spacial score (nSPS) is 15.3. The summed E-state index contributed by atoms with van der Waals surface area (Å²) >= 11 is 1.64. The standard InChI is InChI=1S/C18H19FN4S.2ClH/c19-14-3-1-2-13(10-14)11-23-7-4-15(5-8-23)22-17-16-6-9-24-18(16)21-12-20-17;;/h1-3,6,9-10,12,15H,4-5,7-8,11H2,(H,20,21,22);2*1H. The first kappa shape index (κ1) is 20.8. The molecule has 1 N–H and O–H groups in total. The molecule has 3 aromatic rings. The maximum Gasteiger partial charge on any atom is 0.138 e. The molecule has 0 aliphatic carbocycles. The summed E-state index contributed by atoms with van der Waals surface area (Å²) in [6.45, 7) is 2.82. The van der Waals surface area contributed by atoms with Crippen molar-refractivity contribution < 1.29 is 4.39 Å². The van der Waals surface area contributed by atoms with Crippen LogP contribution in [0.1, 0.15) is 18.4 Å². The van der Waals surface area contributed by atoms with E-state index < -0.39 is 0 Å². The van der Waals surface area contributed by atoms with Gasteiger partial charge in [0.1, 0.15) is 22.8 Å². The zero-order chi connectivity index (χ0) is 16.4. The van der Waals surface area contributed by atoms with Crippen LogP contribution in [0.4, 0.5) is 10.2 Å². The van der Waals surface area contributed by atoms with Gasteiger partial charge in [-0.2, -0.15) is 0 Å². The molecule has 26 heavy (non-hydrogen) atoms. The molecule has 4 rings (SSSR count). The van der Waals surface area contributed by atoms with E-state index in [2.05, 4.69) is 26.3 Å². The van der Waals surface area contributed by atoms with Crippen molar-refractivity contribution >= 4 is 52.2 Å². The van der Waals surface area contributed by atoms with Gasteiger partial charge in [-0.15, -0.1) is 36.2 Å². The molecule has 2 aromatic heterocycles. The number of aromatic nitrogens is 2. The molecule has 1 aromatic carbocycles. The molecular formula is C18H21Cl2FN4S. The first-order valence-electron chi connectivity index (χ1n) is 8.19. The van der Waals surface area contributed by atoms with Crippen molar-refractivity contribution in [3.05, 3.63) is 53.4 Å². The van der Waals surface area contributed by atoms with Crippen molar-refractivity contribution in [3.8, 4) is 0 Å². The van der Waals surface area contributed by atoms with E-state index >= 15 is 0 Å². The number of halogens is 3. The Bertz CT molecular complexity index is 837. The minimum Gasteiger partial charge on any atom is -0.367 e. The fourth-order valence-electron chi connectivity index (χ4n) is 3.23. The van der Waals surface area contributed by atoms with Gasteiger partial charge in [-0.25, -0.2) is 14.4 Å². The van der Waals surface area contributed by atoms with Crippen LogP contribution in [0.25, 0.3) is 10.2 Å². The van der Waals surface area contributed by atoms with Gasteiger partial charge in [0.05, 0.1) is 5.39 Å². The van der Waals surface area contributed by atoms with Gasteiger partial charge < -0.3 is 5.32 Å². The Morgan fingerprint density at radius 1 is 1.15 bits per heavy atom. The molecule has 1 aliphatic heterocycles. The molecule has 0 unspecified atom stereocenters. The number of fused-ring (bicyclic) bond motifs is 1. The Kier molecular flexibility index (Phi) is 7.58. The third kappa shape index (κ3) is 4.82. The Morgan fingerprint density at radius 2 is 1.96 bits per heavy atom. The van der Waals surface area contributed by atoms with Gasteiger partial charge in [-0.3, -0.25) is 4.90 Å². The van der Waals surface area contributed by atoms with E-state index in [-0.39, 0.29) is 30.6 Å². The fourth-order valence-corrected chi connectivity index (χ4v) is 3.96. The molecule has 3 heterocycles. The van der Waals surface area contributed by atoms with Crippen LogP contribution >= 0.6 is 36.2 Å². The molecule has 0 radical (unpaired) electrons. The summed E-state index contributed by atoms with van der Waals surface area (Å²) in [5.74, 6) is 0.775. The minimum atomic E-state index is -0.160. The summed E-state index contributed by atoms with van der Waals surface area (Å²) < 4.78 is 13.3. The lowest BCUT2D eigenvalue weighted by Gasteiger charge is -2.32. The summed E-state index contributed by atoms with van der Waals surface area (Å²) in [5.41, 5.74) is 1.04. The van der Waals surface area contributed by atoms with E-state index in [1.54, 1.807) is 29.8 Å². The second kappa shape index (κ2) is 9.46. The van der Waals surface area contributed by atoms with E-state index in [0.29, 0.717) is 6.04 Å². The number of piperidine rings is 1. The largest absolute Gasteiger partial charge is 0.367 e. The average Bonchev–Trinajstić information content (AvgIpc) is 3.06. The highest BCUT2D eigenvalue weighted by molar-refractivity contribution is 7.16. The number of rotatable bonds is 4. The number of hydrogen-bond acceptors (Lipinski definition) is 5. The number of nitrogens with zero attached hydrogens (tertiary/aromatic N) is 3. The summed E-state index contributed by atoms with van der Waals surface area (Å²) in [6, 6.07) is 9.38. The highest BCUT2D eigenvalue weighted by atomic mass is 35.5. The van der Waals surface area contributed by atoms with Crippen LogP contribution in [-0.2, 0) is 6.54 Å². The Labute approximate surface area is 168 Å². The summed E-state index contributed by atoms with van der Waals surface area (Å²) in [6.07, 6.45) is 3.75. The van der Waals surface area contributed by atoms with E-state index in [1.807, 2.05) is 11.4 Å². The summed E-state index contributed by atoms with van der Waals surface area (Å²) in [7, 11) is 0. The predicted octanol–water partition coefficient (Wildman–Crippen LogP) is 4.75. The molecule has 1 saturated heterocycles. The maximum absolute atomic E-state index is 13.3. The highest BCUT2D eigenvalue weighted by Crippen LogP contribution is 2.26. The smallest absolute Gasteiger partial charge is 0.138 e. The summed E-state index contributed by atoms with van der Waals surface area (Å²) in [5, 5.41) is 6.72. The zero-order valence-electron chi connectivity index (χ0n) is 14.1. The predicted molar refractivity (Wildman–Crippen MR) is 110 cm³/mol. The second-order valence-corrected chi connectivity index (χ2v) is 7.08. The van der Waals surface area contributed by atoms with Crippen molar-refractivity contribution in [1.82, 2.24) is 14.9 Å². The van der Waals surface area contributed by atoms with Gasteiger partial charge >= 0.3 is 0 Å². The van der Waals surface area contributed by atoms with E-state index in [0.717, 1.165) is 54.1 Å². The molecule has 140 valence electrons. The molecule has 0 bridgehead atoms. The SMILES string of the molecule is Cl.Cl.Fc1cccc(CN2CCC(Nc3ncnc4sccc34)CC2)c1. The minimum absolute atomic E-state index is 0. The molecule has 4 nitrogen and oxygen atoms in total. The Morgan fingerprint density at radius 3 is 2.73 bits per heavy atom. The third-order valence-corrected chi connectivity index (χ3v) is 5.31. The van der Waals surface area contributed by atoms with Crippen LogP contribution in [-0.4, -0.2) is 34.0 Å². The molecule has 0 amide bonds. The maximum atomic E-state index is 13.3. The number of benzene rings is 1. The molecule has 1 aliphatic rings. The third-order valence-electron chi connectivity index (χ3n) is 4.49. The highest BCUT2D eigenvalue weighted by Gasteiger charge is 2.20. The first-order chi connectivity index (χ1) is 11.8. The molecule has 0 saturated carbocycles. The molecule has 8 heteroatoms. The quantitative estimate of drug-likeness (QED) is 0.668. The summed E-state index contributed by atoms with van der Waals surface area (Å²) in [4.78, 5) is 12.1. The van der Waals surface area contributed by atoms with Crippen molar-refractivity contribution in [3.63, 3.8) is 0 Å². The van der Waals surface area contributed by atoms with E-state index in [9.17, 15) is 4.39 Å². The Hall–Kier alpha value is -1.47. The Balaban J connectivity index is 0.00000121. The van der Waals surface area contributed by atoms with Gasteiger partial charge in [0.2, 0.25) is 0 Å². The number of likely N-dealkylation sites (tertiary alicyclic amines) is 1. The van der Waals surface area contributed by atoms with Crippen LogP contribution in [0.15, 0.2) is 42.0 Å². The molecule has 0 atom stereocenters. The first-order valence-corrected chi connectivity index (χ1v) is 9.07. The topological polar surface area (TPSA) is 41.0 Å². The van der Waals surface area contributed by atoms with Crippen LogP contribution in [0.3, 0.4) is 0 Å². The lowest BCUT2D eigenvalue weighted by molar-refractivity contribution is 0.211. The monoisotopic (exact) mass is 414 g/mol. The van der Waals surface area contributed by atoms with Crippen molar-refractivity contribution in [1.29, 1.82) is 0 Å². The van der Waals surface area contributed by atoms with Gasteiger partial charge in [0.25, 0.3) is 0 Å². The molecular weight excluding hydrogens is 394 g/mol. The van der Waals surface area contributed by atoms with Crippen molar-refractivity contribution in [2.24, 2.45) is 0 Å². The van der Waals surface area contributed by atoms with Gasteiger partial charge in [0.15, 0.2) is 0 Å². The number of nitrogens with one attached hydrogen (secondary N) is 1. The number of thiophene rings is 1. The molecule has 1 fully saturated rings. The van der Waals surface area contributed by atoms with Crippen molar-refractivity contribution in [2.75, 3.05) is 18.4 Å². The average molecular weight is 415 g/mol. The van der Waals surface area contributed by atoms with Crippen molar-refractivity contribution in [2.45, 2.75) is 25.4 Å². The second-order valence-electron chi connectivity index (χ2n) is 6.19. The van der Waals surface area contributed by atoms with Crippen LogP contribution in [0.5, 0.6) is 0 Å². The van der Waals surface area contributed by atoms with E-state index in [1.165, 1.54) is 6.07 Å². The van der Waals surface area contributed by atoms with Gasteiger partial charge in [0, 0.05) is 25.7 Å². The van der Waals surface area contributed by atoms with Crippen LogP contribution in [0, 0.1) is 5.82 Å². The van der Waals surface area contributed by atoms with Crippen LogP contribution in [0.2, 0.25) is 0 Å². The van der Waals surface area contributed by atoms with Crippen LogP contribution < -0.4 is 5.32 Å².